The molecule has 0 saturated heterocycles. The number of nitrogens with one attached hydrogen (secondary N) is 1. The maximum atomic E-state index is 10.7. The van der Waals surface area contributed by atoms with Gasteiger partial charge >= 0.3 is 0 Å². The van der Waals surface area contributed by atoms with E-state index in [1.807, 2.05) is 30.3 Å². The van der Waals surface area contributed by atoms with E-state index in [1.165, 1.54) is 5.56 Å². The Morgan fingerprint density at radius 1 is 1.23 bits per heavy atom. The van der Waals surface area contributed by atoms with Crippen LogP contribution in [0.2, 0.25) is 0 Å². The lowest BCUT2D eigenvalue weighted by atomic mass is 10.1. The van der Waals surface area contributed by atoms with Gasteiger partial charge in [-0.3, -0.25) is 4.79 Å². The van der Waals surface area contributed by atoms with Gasteiger partial charge < -0.3 is 15.8 Å². The number of hydrogen-bond acceptors (Lipinski definition) is 3. The maximum Gasteiger partial charge on any atom is 0.255 e. The average Bonchev–Trinajstić information content (AvgIpc) is 2.45. The van der Waals surface area contributed by atoms with Crippen molar-refractivity contribution in [1.29, 1.82) is 0 Å². The van der Waals surface area contributed by atoms with Crippen molar-refractivity contribution in [2.24, 2.45) is 5.73 Å². The van der Waals surface area contributed by atoms with Crippen molar-refractivity contribution in [3.8, 4) is 5.75 Å². The Kier molecular flexibility index (Phi) is 5.85. The molecule has 0 atom stereocenters. The minimum absolute atomic E-state index is 0.131. The Labute approximate surface area is 146 Å². The van der Waals surface area contributed by atoms with Gasteiger partial charge in [0, 0.05) is 16.7 Å². The fourth-order valence-electron chi connectivity index (χ4n) is 1.94. The van der Waals surface area contributed by atoms with E-state index in [0.29, 0.717) is 12.3 Å². The number of aryl methyl sites for hydroxylation is 1. The number of halogens is 2. The van der Waals surface area contributed by atoms with Gasteiger partial charge in [0.2, 0.25) is 0 Å². The van der Waals surface area contributed by atoms with E-state index >= 15 is 0 Å². The molecule has 116 valence electrons. The Morgan fingerprint density at radius 2 is 2.00 bits per heavy atom. The number of carbonyl (C=O) groups excluding carboxylic acids is 1. The molecular formula is C16H16Br2N2O2. The van der Waals surface area contributed by atoms with Crippen molar-refractivity contribution in [2.45, 2.75) is 13.5 Å². The number of primary amides is 1. The van der Waals surface area contributed by atoms with Crippen molar-refractivity contribution in [3.05, 3.63) is 56.5 Å². The van der Waals surface area contributed by atoms with E-state index in [-0.39, 0.29) is 6.61 Å². The summed E-state index contributed by atoms with van der Waals surface area (Å²) in [7, 11) is 0. The predicted molar refractivity (Wildman–Crippen MR) is 95.0 cm³/mol. The van der Waals surface area contributed by atoms with E-state index in [2.05, 4.69) is 50.2 Å². The van der Waals surface area contributed by atoms with Crippen LogP contribution in [0, 0.1) is 6.92 Å². The zero-order valence-electron chi connectivity index (χ0n) is 12.0. The first kappa shape index (κ1) is 16.8. The number of ether oxygens (including phenoxy) is 1. The normalized spacial score (nSPS) is 10.3. The van der Waals surface area contributed by atoms with Crippen LogP contribution in [-0.4, -0.2) is 12.5 Å². The minimum atomic E-state index is -0.497. The summed E-state index contributed by atoms with van der Waals surface area (Å²) in [5.74, 6) is 0.103. The number of rotatable bonds is 6. The molecule has 2 aromatic rings. The largest absolute Gasteiger partial charge is 0.483 e. The van der Waals surface area contributed by atoms with Crippen LogP contribution in [0.15, 0.2) is 45.3 Å². The quantitative estimate of drug-likeness (QED) is 0.732. The third kappa shape index (κ3) is 4.74. The van der Waals surface area contributed by atoms with E-state index in [0.717, 1.165) is 20.2 Å². The Hall–Kier alpha value is -1.53. The van der Waals surface area contributed by atoms with Crippen LogP contribution in [0.5, 0.6) is 5.75 Å². The number of benzene rings is 2. The number of carbonyl (C=O) groups is 1. The molecule has 6 heteroatoms. The van der Waals surface area contributed by atoms with Crippen molar-refractivity contribution in [1.82, 2.24) is 0 Å². The zero-order chi connectivity index (χ0) is 16.1. The molecule has 0 aliphatic heterocycles. The predicted octanol–water partition coefficient (Wildman–Crippen LogP) is 4.00. The van der Waals surface area contributed by atoms with Gasteiger partial charge in [-0.15, -0.1) is 0 Å². The lowest BCUT2D eigenvalue weighted by molar-refractivity contribution is -0.119. The second-order valence-electron chi connectivity index (χ2n) is 4.83. The highest BCUT2D eigenvalue weighted by atomic mass is 79.9. The monoisotopic (exact) mass is 426 g/mol. The summed E-state index contributed by atoms with van der Waals surface area (Å²) in [5.41, 5.74) is 8.43. The Balaban J connectivity index is 2.01. The van der Waals surface area contributed by atoms with Crippen LogP contribution < -0.4 is 15.8 Å². The lowest BCUT2D eigenvalue weighted by Gasteiger charge is -2.12. The number of anilines is 1. The summed E-state index contributed by atoms with van der Waals surface area (Å²) in [4.78, 5) is 10.7. The van der Waals surface area contributed by atoms with Gasteiger partial charge in [-0.05, 0) is 64.3 Å². The van der Waals surface area contributed by atoms with Gasteiger partial charge in [0.15, 0.2) is 6.61 Å². The first-order valence-corrected chi connectivity index (χ1v) is 8.24. The van der Waals surface area contributed by atoms with E-state index in [1.54, 1.807) is 0 Å². The Bertz CT molecular complexity index is 690. The average molecular weight is 428 g/mol. The van der Waals surface area contributed by atoms with Crippen LogP contribution in [0.25, 0.3) is 0 Å². The molecular weight excluding hydrogens is 412 g/mol. The second kappa shape index (κ2) is 7.65. The van der Waals surface area contributed by atoms with Crippen LogP contribution in [0.4, 0.5) is 5.69 Å². The van der Waals surface area contributed by atoms with Crippen molar-refractivity contribution < 1.29 is 9.53 Å². The van der Waals surface area contributed by atoms with Gasteiger partial charge in [0.25, 0.3) is 5.91 Å². The summed E-state index contributed by atoms with van der Waals surface area (Å²) < 4.78 is 7.16. The van der Waals surface area contributed by atoms with E-state index < -0.39 is 5.91 Å². The van der Waals surface area contributed by atoms with Gasteiger partial charge in [-0.1, -0.05) is 22.0 Å². The van der Waals surface area contributed by atoms with E-state index in [4.69, 9.17) is 10.5 Å². The van der Waals surface area contributed by atoms with Crippen molar-refractivity contribution in [2.75, 3.05) is 11.9 Å². The standard InChI is InChI=1S/C16H16Br2N2O2/c1-10-6-12(17)3-4-14(10)20-8-11-2-5-15(13(18)7-11)22-9-16(19)21/h2-7,20H,8-9H2,1H3,(H2,19,21). The molecule has 4 nitrogen and oxygen atoms in total. The molecule has 0 radical (unpaired) electrons. The molecule has 0 bridgehead atoms. The topological polar surface area (TPSA) is 64.3 Å². The summed E-state index contributed by atoms with van der Waals surface area (Å²) in [6, 6.07) is 11.8. The Morgan fingerprint density at radius 3 is 2.64 bits per heavy atom. The number of hydrogen-bond donors (Lipinski definition) is 2. The van der Waals surface area contributed by atoms with Crippen LogP contribution in [0.1, 0.15) is 11.1 Å². The molecule has 0 heterocycles. The van der Waals surface area contributed by atoms with Gasteiger partial charge in [0.05, 0.1) is 4.47 Å². The summed E-state index contributed by atoms with van der Waals surface area (Å²) in [6.45, 7) is 2.62. The fraction of sp³-hybridized carbons (Fsp3) is 0.188. The van der Waals surface area contributed by atoms with Crippen LogP contribution >= 0.6 is 31.9 Å². The first-order chi connectivity index (χ1) is 10.5. The number of nitrogens with two attached hydrogens (primary N) is 1. The molecule has 0 spiro atoms. The van der Waals surface area contributed by atoms with Gasteiger partial charge in [0.1, 0.15) is 5.75 Å². The SMILES string of the molecule is Cc1cc(Br)ccc1NCc1ccc(OCC(N)=O)c(Br)c1. The summed E-state index contributed by atoms with van der Waals surface area (Å²) in [6.07, 6.45) is 0. The molecule has 22 heavy (non-hydrogen) atoms. The highest BCUT2D eigenvalue weighted by Gasteiger charge is 2.05. The first-order valence-electron chi connectivity index (χ1n) is 6.65. The smallest absolute Gasteiger partial charge is 0.255 e. The summed E-state index contributed by atoms with van der Waals surface area (Å²) in [5, 5.41) is 3.40. The molecule has 1 amide bonds. The van der Waals surface area contributed by atoms with Gasteiger partial charge in [-0.25, -0.2) is 0 Å². The molecule has 3 N–H and O–H groups in total. The molecule has 0 aliphatic carbocycles. The van der Waals surface area contributed by atoms with Crippen molar-refractivity contribution >= 4 is 43.5 Å². The molecule has 2 rings (SSSR count). The molecule has 0 saturated carbocycles. The zero-order valence-corrected chi connectivity index (χ0v) is 15.2. The van der Waals surface area contributed by atoms with E-state index in [9.17, 15) is 4.79 Å². The van der Waals surface area contributed by atoms with Crippen LogP contribution in [-0.2, 0) is 11.3 Å². The number of amides is 1. The van der Waals surface area contributed by atoms with Crippen molar-refractivity contribution in [3.63, 3.8) is 0 Å². The highest BCUT2D eigenvalue weighted by molar-refractivity contribution is 9.10. The maximum absolute atomic E-state index is 10.7. The molecule has 0 aromatic heterocycles. The third-order valence-corrected chi connectivity index (χ3v) is 4.15. The molecule has 0 unspecified atom stereocenters. The third-order valence-electron chi connectivity index (χ3n) is 3.04. The second-order valence-corrected chi connectivity index (χ2v) is 6.60. The van der Waals surface area contributed by atoms with Crippen LogP contribution in [0.3, 0.4) is 0 Å². The minimum Gasteiger partial charge on any atom is -0.483 e. The molecule has 2 aromatic carbocycles. The molecule has 0 fully saturated rings. The highest BCUT2D eigenvalue weighted by Crippen LogP contribution is 2.27. The summed E-state index contributed by atoms with van der Waals surface area (Å²) >= 11 is 6.89. The fourth-order valence-corrected chi connectivity index (χ4v) is 2.96. The lowest BCUT2D eigenvalue weighted by Crippen LogP contribution is -2.20. The van der Waals surface area contributed by atoms with Gasteiger partial charge in [-0.2, -0.15) is 0 Å². The molecule has 0 aliphatic rings.